The molecule has 0 radical (unpaired) electrons. The Balaban J connectivity index is 1.59. The van der Waals surface area contributed by atoms with Gasteiger partial charge in [0.15, 0.2) is 0 Å². The fourth-order valence-corrected chi connectivity index (χ4v) is 3.21. The van der Waals surface area contributed by atoms with Crippen LogP contribution in [0.2, 0.25) is 0 Å². The van der Waals surface area contributed by atoms with Gasteiger partial charge in [-0.05, 0) is 64.1 Å². The zero-order valence-corrected chi connectivity index (χ0v) is 15.4. The number of rotatable bonds is 8. The van der Waals surface area contributed by atoms with E-state index in [4.69, 9.17) is 4.74 Å². The van der Waals surface area contributed by atoms with Crippen LogP contribution in [0.5, 0.6) is 5.75 Å². The zero-order chi connectivity index (χ0) is 17.4. The molecular formula is C20H32N2O2. The van der Waals surface area contributed by atoms with Crippen molar-refractivity contribution in [1.82, 2.24) is 10.2 Å². The summed E-state index contributed by atoms with van der Waals surface area (Å²) in [4.78, 5) is 14.5. The number of ether oxygens (including phenoxy) is 1. The third-order valence-corrected chi connectivity index (χ3v) is 4.77. The van der Waals surface area contributed by atoms with Gasteiger partial charge in [0, 0.05) is 25.6 Å². The highest BCUT2D eigenvalue weighted by molar-refractivity contribution is 5.75. The molecule has 0 bridgehead atoms. The van der Waals surface area contributed by atoms with Crippen molar-refractivity contribution >= 4 is 5.91 Å². The third kappa shape index (κ3) is 6.16. The molecule has 1 amide bonds. The molecule has 1 N–H and O–H groups in total. The Morgan fingerprint density at radius 3 is 2.92 bits per heavy atom. The maximum atomic E-state index is 12.0. The van der Waals surface area contributed by atoms with Crippen LogP contribution < -0.4 is 10.1 Å². The van der Waals surface area contributed by atoms with Gasteiger partial charge < -0.3 is 15.0 Å². The summed E-state index contributed by atoms with van der Waals surface area (Å²) in [6.45, 7) is 10.2. The van der Waals surface area contributed by atoms with Crippen molar-refractivity contribution in [3.63, 3.8) is 0 Å². The van der Waals surface area contributed by atoms with Crippen LogP contribution in [0.15, 0.2) is 24.3 Å². The third-order valence-electron chi connectivity index (χ3n) is 4.77. The second kappa shape index (κ2) is 9.67. The van der Waals surface area contributed by atoms with Gasteiger partial charge in [0.25, 0.3) is 0 Å². The van der Waals surface area contributed by atoms with E-state index in [9.17, 15) is 4.79 Å². The molecule has 0 spiro atoms. The van der Waals surface area contributed by atoms with Crippen molar-refractivity contribution in [2.45, 2.75) is 52.5 Å². The van der Waals surface area contributed by atoms with E-state index in [1.165, 1.54) is 19.4 Å². The molecule has 24 heavy (non-hydrogen) atoms. The van der Waals surface area contributed by atoms with Gasteiger partial charge in [0.05, 0.1) is 6.61 Å². The molecular weight excluding hydrogens is 300 g/mol. The highest BCUT2D eigenvalue weighted by atomic mass is 16.5. The molecule has 1 aliphatic rings. The molecule has 1 aromatic carbocycles. The second-order valence-corrected chi connectivity index (χ2v) is 7.12. The molecule has 0 saturated carbocycles. The average Bonchev–Trinajstić information content (AvgIpc) is 2.58. The standard InChI is InChI=1S/C20H32N2O2/c1-16(2)22-12-6-9-18(15-22)14-21-20(23)11-7-13-24-19-10-5-4-8-17(19)3/h4-5,8,10,16,18H,6-7,9,11-15H2,1-3H3,(H,21,23). The zero-order valence-electron chi connectivity index (χ0n) is 15.4. The quantitative estimate of drug-likeness (QED) is 0.742. The van der Waals surface area contributed by atoms with Crippen LogP contribution in [0, 0.1) is 12.8 Å². The molecule has 1 fully saturated rings. The van der Waals surface area contributed by atoms with Crippen LogP contribution in [0.1, 0.15) is 45.1 Å². The lowest BCUT2D eigenvalue weighted by Crippen LogP contribution is -2.43. The molecule has 0 aliphatic carbocycles. The fourth-order valence-electron chi connectivity index (χ4n) is 3.21. The number of piperidine rings is 1. The lowest BCUT2D eigenvalue weighted by atomic mass is 9.97. The Hall–Kier alpha value is -1.55. The number of para-hydroxylation sites is 1. The maximum Gasteiger partial charge on any atom is 0.220 e. The summed E-state index contributed by atoms with van der Waals surface area (Å²) < 4.78 is 5.74. The minimum atomic E-state index is 0.144. The summed E-state index contributed by atoms with van der Waals surface area (Å²) in [6.07, 6.45) is 3.75. The van der Waals surface area contributed by atoms with Crippen LogP contribution in [-0.4, -0.2) is 43.1 Å². The number of carbonyl (C=O) groups is 1. The largest absolute Gasteiger partial charge is 0.493 e. The van der Waals surface area contributed by atoms with E-state index in [1.54, 1.807) is 0 Å². The number of carbonyl (C=O) groups excluding carboxylic acids is 1. The molecule has 4 nitrogen and oxygen atoms in total. The Labute approximate surface area is 146 Å². The number of hydrogen-bond acceptors (Lipinski definition) is 3. The summed E-state index contributed by atoms with van der Waals surface area (Å²) in [5, 5.41) is 3.10. The van der Waals surface area contributed by atoms with Crippen molar-refractivity contribution in [3.8, 4) is 5.75 Å². The van der Waals surface area contributed by atoms with Crippen molar-refractivity contribution < 1.29 is 9.53 Å². The van der Waals surface area contributed by atoms with E-state index < -0.39 is 0 Å². The van der Waals surface area contributed by atoms with Gasteiger partial charge in [-0.25, -0.2) is 0 Å². The van der Waals surface area contributed by atoms with Gasteiger partial charge in [-0.3, -0.25) is 4.79 Å². The first-order chi connectivity index (χ1) is 11.6. The van der Waals surface area contributed by atoms with E-state index in [1.807, 2.05) is 31.2 Å². The SMILES string of the molecule is Cc1ccccc1OCCCC(=O)NCC1CCCN(C(C)C)C1. The number of hydrogen-bond donors (Lipinski definition) is 1. The minimum absolute atomic E-state index is 0.144. The molecule has 1 heterocycles. The van der Waals surface area contributed by atoms with E-state index >= 15 is 0 Å². The molecule has 134 valence electrons. The van der Waals surface area contributed by atoms with Crippen LogP contribution in [0.25, 0.3) is 0 Å². The smallest absolute Gasteiger partial charge is 0.220 e. The predicted octanol–water partition coefficient (Wildman–Crippen LogP) is 3.39. The number of aryl methyl sites for hydroxylation is 1. The van der Waals surface area contributed by atoms with E-state index in [2.05, 4.69) is 24.1 Å². The fraction of sp³-hybridized carbons (Fsp3) is 0.650. The Morgan fingerprint density at radius 2 is 2.17 bits per heavy atom. The Bertz CT molecular complexity index is 516. The molecule has 4 heteroatoms. The number of nitrogens with one attached hydrogen (secondary N) is 1. The molecule has 1 aromatic rings. The number of likely N-dealkylation sites (tertiary alicyclic amines) is 1. The lowest BCUT2D eigenvalue weighted by Gasteiger charge is -2.35. The van der Waals surface area contributed by atoms with E-state index in [-0.39, 0.29) is 5.91 Å². The Kier molecular flexibility index (Phi) is 7.57. The van der Waals surface area contributed by atoms with Crippen molar-refractivity contribution in [3.05, 3.63) is 29.8 Å². The topological polar surface area (TPSA) is 41.6 Å². The second-order valence-electron chi connectivity index (χ2n) is 7.12. The van der Waals surface area contributed by atoms with Gasteiger partial charge in [-0.1, -0.05) is 18.2 Å². The molecule has 1 saturated heterocycles. The van der Waals surface area contributed by atoms with Crippen LogP contribution in [0.3, 0.4) is 0 Å². The molecule has 1 atom stereocenters. The van der Waals surface area contributed by atoms with Crippen molar-refractivity contribution in [2.75, 3.05) is 26.2 Å². The summed E-state index contributed by atoms with van der Waals surface area (Å²) in [5.74, 6) is 1.65. The predicted molar refractivity (Wildman–Crippen MR) is 98.4 cm³/mol. The van der Waals surface area contributed by atoms with Crippen LogP contribution in [0.4, 0.5) is 0 Å². The van der Waals surface area contributed by atoms with E-state index in [0.717, 1.165) is 30.8 Å². The highest BCUT2D eigenvalue weighted by Crippen LogP contribution is 2.18. The van der Waals surface area contributed by atoms with Gasteiger partial charge in [0.1, 0.15) is 5.75 Å². The van der Waals surface area contributed by atoms with Crippen LogP contribution >= 0.6 is 0 Å². The molecule has 1 unspecified atom stereocenters. The maximum absolute atomic E-state index is 12.0. The van der Waals surface area contributed by atoms with E-state index in [0.29, 0.717) is 25.0 Å². The van der Waals surface area contributed by atoms with Gasteiger partial charge >= 0.3 is 0 Å². The average molecular weight is 332 g/mol. The van der Waals surface area contributed by atoms with Crippen molar-refractivity contribution in [2.24, 2.45) is 5.92 Å². The highest BCUT2D eigenvalue weighted by Gasteiger charge is 2.21. The lowest BCUT2D eigenvalue weighted by molar-refractivity contribution is -0.121. The summed E-state index contributed by atoms with van der Waals surface area (Å²) >= 11 is 0. The Morgan fingerprint density at radius 1 is 1.38 bits per heavy atom. The van der Waals surface area contributed by atoms with Crippen molar-refractivity contribution in [1.29, 1.82) is 0 Å². The molecule has 1 aliphatic heterocycles. The summed E-state index contributed by atoms with van der Waals surface area (Å²) in [7, 11) is 0. The van der Waals surface area contributed by atoms with Gasteiger partial charge in [-0.15, -0.1) is 0 Å². The van der Waals surface area contributed by atoms with Gasteiger partial charge in [0.2, 0.25) is 5.91 Å². The summed E-state index contributed by atoms with van der Waals surface area (Å²) in [6, 6.07) is 8.58. The number of benzene rings is 1. The first-order valence-corrected chi connectivity index (χ1v) is 9.25. The number of nitrogens with zero attached hydrogens (tertiary/aromatic N) is 1. The van der Waals surface area contributed by atoms with Gasteiger partial charge in [-0.2, -0.15) is 0 Å². The molecule has 0 aromatic heterocycles. The molecule has 2 rings (SSSR count). The summed E-state index contributed by atoms with van der Waals surface area (Å²) in [5.41, 5.74) is 1.13. The first kappa shape index (κ1) is 18.8. The monoisotopic (exact) mass is 332 g/mol. The normalized spacial score (nSPS) is 18.6. The minimum Gasteiger partial charge on any atom is -0.493 e. The van der Waals surface area contributed by atoms with Crippen LogP contribution in [-0.2, 0) is 4.79 Å². The number of amides is 1. The first-order valence-electron chi connectivity index (χ1n) is 9.25.